The van der Waals surface area contributed by atoms with Crippen molar-refractivity contribution in [3.05, 3.63) is 48.2 Å². The van der Waals surface area contributed by atoms with Gasteiger partial charge in [0.1, 0.15) is 0 Å². The van der Waals surface area contributed by atoms with Gasteiger partial charge in [0.25, 0.3) is 10.0 Å². The van der Waals surface area contributed by atoms with Crippen molar-refractivity contribution in [2.24, 2.45) is 0 Å². The number of hydrogen-bond acceptors (Lipinski definition) is 7. The minimum Gasteiger partial charge on any atom is -0.461 e. The van der Waals surface area contributed by atoms with E-state index in [1.807, 2.05) is 12.1 Å². The van der Waals surface area contributed by atoms with Gasteiger partial charge >= 0.3 is 0 Å². The van der Waals surface area contributed by atoms with Crippen molar-refractivity contribution in [2.45, 2.75) is 20.4 Å². The third-order valence-corrected chi connectivity index (χ3v) is 5.03. The van der Waals surface area contributed by atoms with Crippen molar-refractivity contribution in [3.8, 4) is 11.6 Å². The van der Waals surface area contributed by atoms with Crippen LogP contribution in [0.1, 0.15) is 19.4 Å². The Morgan fingerprint density at radius 1 is 1.15 bits per heavy atom. The molecule has 0 atom stereocenters. The number of benzene rings is 1. The molecule has 3 aromatic rings. The van der Waals surface area contributed by atoms with Crippen LogP contribution in [-0.2, 0) is 16.6 Å². The molecule has 0 amide bonds. The molecule has 9 heteroatoms. The van der Waals surface area contributed by atoms with Gasteiger partial charge in [0, 0.05) is 25.3 Å². The molecular weight excluding hydrogens is 366 g/mol. The molecule has 0 radical (unpaired) electrons. The summed E-state index contributed by atoms with van der Waals surface area (Å²) in [6.45, 7) is 6.55. The summed E-state index contributed by atoms with van der Waals surface area (Å²) in [4.78, 5) is 6.52. The van der Waals surface area contributed by atoms with Gasteiger partial charge in [-0.15, -0.1) is 9.19 Å². The summed E-state index contributed by atoms with van der Waals surface area (Å²) < 4.78 is 30.2. The lowest BCUT2D eigenvalue weighted by Gasteiger charge is -2.21. The van der Waals surface area contributed by atoms with Crippen molar-refractivity contribution >= 4 is 21.7 Å². The number of aromatic nitrogens is 3. The SMILES string of the molecule is CCN(CC)c1ccc(CNc2nc(-c3ccco3)nn2S(C)(=O)=O)cc1. The number of nitrogens with zero attached hydrogens (tertiary/aromatic N) is 4. The first-order valence-electron chi connectivity index (χ1n) is 8.71. The Balaban J connectivity index is 1.79. The molecule has 8 nitrogen and oxygen atoms in total. The fourth-order valence-electron chi connectivity index (χ4n) is 2.74. The van der Waals surface area contributed by atoms with Crippen molar-refractivity contribution in [2.75, 3.05) is 29.6 Å². The summed E-state index contributed by atoms with van der Waals surface area (Å²) in [6.07, 6.45) is 2.57. The molecule has 0 fully saturated rings. The first-order chi connectivity index (χ1) is 12.9. The zero-order valence-electron chi connectivity index (χ0n) is 15.6. The summed E-state index contributed by atoms with van der Waals surface area (Å²) in [6, 6.07) is 11.5. The molecule has 0 aliphatic carbocycles. The molecule has 2 aromatic heterocycles. The Morgan fingerprint density at radius 3 is 2.41 bits per heavy atom. The molecular formula is C18H23N5O3S. The summed E-state index contributed by atoms with van der Waals surface area (Å²) in [7, 11) is -3.60. The van der Waals surface area contributed by atoms with Gasteiger partial charge in [-0.05, 0) is 43.7 Å². The van der Waals surface area contributed by atoms with Crippen molar-refractivity contribution in [3.63, 3.8) is 0 Å². The molecule has 0 spiro atoms. The van der Waals surface area contributed by atoms with Crippen LogP contribution in [0.3, 0.4) is 0 Å². The van der Waals surface area contributed by atoms with Gasteiger partial charge in [-0.3, -0.25) is 0 Å². The first kappa shape index (κ1) is 19.0. The van der Waals surface area contributed by atoms with Gasteiger partial charge in [0.15, 0.2) is 5.76 Å². The number of hydrogen-bond donors (Lipinski definition) is 1. The summed E-state index contributed by atoms with van der Waals surface area (Å²) in [5.74, 6) is 0.769. The highest BCUT2D eigenvalue weighted by atomic mass is 32.2. The Bertz CT molecular complexity index is 975. The predicted octanol–water partition coefficient (Wildman–Crippen LogP) is 2.80. The summed E-state index contributed by atoms with van der Waals surface area (Å²) in [5.41, 5.74) is 2.16. The number of furan rings is 1. The van der Waals surface area contributed by atoms with Crippen LogP contribution in [0, 0.1) is 0 Å². The molecule has 0 aliphatic rings. The molecule has 0 bridgehead atoms. The van der Waals surface area contributed by atoms with Crippen LogP contribution >= 0.6 is 0 Å². The molecule has 144 valence electrons. The van der Waals surface area contributed by atoms with E-state index < -0.39 is 10.0 Å². The monoisotopic (exact) mass is 389 g/mol. The summed E-state index contributed by atoms with van der Waals surface area (Å²) in [5, 5.41) is 7.10. The lowest BCUT2D eigenvalue weighted by molar-refractivity contribution is 0.575. The second-order valence-electron chi connectivity index (χ2n) is 6.03. The number of anilines is 2. The smallest absolute Gasteiger partial charge is 0.254 e. The minimum atomic E-state index is -3.60. The van der Waals surface area contributed by atoms with Gasteiger partial charge in [-0.25, -0.2) is 8.42 Å². The van der Waals surface area contributed by atoms with Crippen LogP contribution in [-0.4, -0.2) is 41.9 Å². The Morgan fingerprint density at radius 2 is 1.85 bits per heavy atom. The molecule has 0 unspecified atom stereocenters. The van der Waals surface area contributed by atoms with Gasteiger partial charge in [0.2, 0.25) is 11.8 Å². The van der Waals surface area contributed by atoms with Crippen molar-refractivity contribution < 1.29 is 12.8 Å². The molecule has 0 aliphatic heterocycles. The minimum absolute atomic E-state index is 0.150. The molecule has 2 heterocycles. The standard InChI is InChI=1S/C18H23N5O3S/c1-4-22(5-2)15-10-8-14(9-11-15)13-19-18-20-17(16-7-6-12-26-16)21-23(18)27(3,24)25/h6-12H,4-5,13H2,1-3H3,(H,19,20,21). The van der Waals surface area contributed by atoms with Crippen LogP contribution in [0.25, 0.3) is 11.6 Å². The largest absolute Gasteiger partial charge is 0.461 e. The lowest BCUT2D eigenvalue weighted by Crippen LogP contribution is -2.21. The second-order valence-corrected chi connectivity index (χ2v) is 7.85. The van der Waals surface area contributed by atoms with E-state index in [4.69, 9.17) is 4.42 Å². The van der Waals surface area contributed by atoms with E-state index >= 15 is 0 Å². The highest BCUT2D eigenvalue weighted by Crippen LogP contribution is 2.20. The van der Waals surface area contributed by atoms with Crippen molar-refractivity contribution in [1.82, 2.24) is 14.2 Å². The third kappa shape index (κ3) is 4.30. The molecule has 1 aromatic carbocycles. The second kappa shape index (κ2) is 7.83. The first-order valence-corrected chi connectivity index (χ1v) is 10.6. The Labute approximate surface area is 158 Å². The van der Waals surface area contributed by atoms with Gasteiger partial charge in [-0.1, -0.05) is 12.1 Å². The van der Waals surface area contributed by atoms with E-state index in [1.165, 1.54) is 6.26 Å². The summed E-state index contributed by atoms with van der Waals surface area (Å²) >= 11 is 0. The van der Waals surface area contributed by atoms with Crippen LogP contribution in [0.15, 0.2) is 47.1 Å². The third-order valence-electron chi connectivity index (χ3n) is 4.15. The maximum absolute atomic E-state index is 12.0. The van der Waals surface area contributed by atoms with Crippen molar-refractivity contribution in [1.29, 1.82) is 0 Å². The topological polar surface area (TPSA) is 93.3 Å². The predicted molar refractivity (Wildman–Crippen MR) is 105 cm³/mol. The molecule has 0 saturated carbocycles. The quantitative estimate of drug-likeness (QED) is 0.633. The Kier molecular flexibility index (Phi) is 5.50. The number of rotatable bonds is 8. The normalized spacial score (nSPS) is 11.5. The van der Waals surface area contributed by atoms with E-state index in [0.717, 1.165) is 34.7 Å². The maximum atomic E-state index is 12.0. The average Bonchev–Trinajstić information content (AvgIpc) is 3.31. The highest BCUT2D eigenvalue weighted by Gasteiger charge is 2.19. The van der Waals surface area contributed by atoms with Crippen LogP contribution in [0.4, 0.5) is 11.6 Å². The molecule has 0 saturated heterocycles. The van der Waals surface area contributed by atoms with Crippen LogP contribution in [0.2, 0.25) is 0 Å². The van der Waals surface area contributed by atoms with E-state index in [0.29, 0.717) is 12.3 Å². The molecule has 3 rings (SSSR count). The van der Waals surface area contributed by atoms with Gasteiger partial charge < -0.3 is 14.6 Å². The zero-order valence-corrected chi connectivity index (χ0v) is 16.4. The molecule has 27 heavy (non-hydrogen) atoms. The van der Waals surface area contributed by atoms with E-state index in [1.54, 1.807) is 12.1 Å². The van der Waals surface area contributed by atoms with Crippen LogP contribution in [0.5, 0.6) is 0 Å². The van der Waals surface area contributed by atoms with Crippen LogP contribution < -0.4 is 10.2 Å². The fourth-order valence-corrected chi connectivity index (χ4v) is 3.39. The van der Waals surface area contributed by atoms with E-state index in [9.17, 15) is 8.42 Å². The van der Waals surface area contributed by atoms with E-state index in [-0.39, 0.29) is 11.8 Å². The lowest BCUT2D eigenvalue weighted by atomic mass is 10.2. The van der Waals surface area contributed by atoms with E-state index in [2.05, 4.69) is 46.3 Å². The maximum Gasteiger partial charge on any atom is 0.254 e. The highest BCUT2D eigenvalue weighted by molar-refractivity contribution is 7.89. The van der Waals surface area contributed by atoms with Gasteiger partial charge in [0.05, 0.1) is 12.5 Å². The number of nitrogens with one attached hydrogen (secondary N) is 1. The van der Waals surface area contributed by atoms with Gasteiger partial charge in [-0.2, -0.15) is 4.98 Å². The fraction of sp³-hybridized carbons (Fsp3) is 0.333. The molecule has 1 N–H and O–H groups in total. The zero-order chi connectivity index (χ0) is 19.4. The average molecular weight is 389 g/mol. The Hall–Kier alpha value is -2.81.